The molecule has 1 saturated heterocycles. The zero-order chi connectivity index (χ0) is 22.3. The van der Waals surface area contributed by atoms with Crippen molar-refractivity contribution < 1.29 is 18.8 Å². The molecule has 2 N–H and O–H groups in total. The maximum Gasteiger partial charge on any atom is 0.256 e. The number of thioether (sulfide) groups is 1. The molecule has 1 aromatic heterocycles. The number of nitrogens with zero attached hydrogens (tertiary/aromatic N) is 1. The van der Waals surface area contributed by atoms with E-state index in [1.165, 1.54) is 0 Å². The van der Waals surface area contributed by atoms with Crippen molar-refractivity contribution in [2.24, 2.45) is 5.92 Å². The Hall–Kier alpha value is -2.74. The molecule has 164 valence electrons. The second-order valence-corrected chi connectivity index (χ2v) is 10.5. The summed E-state index contributed by atoms with van der Waals surface area (Å²) in [5, 5.41) is 5.54. The third-order valence-electron chi connectivity index (χ3n) is 5.81. The number of benzene rings is 1. The Bertz CT molecular complexity index is 1000. The summed E-state index contributed by atoms with van der Waals surface area (Å²) in [6, 6.07) is 9.63. The van der Waals surface area contributed by atoms with Crippen LogP contribution >= 0.6 is 11.8 Å². The standard InChI is InChI=1S/C23H27N3O4S/c1-13(2)17(19(27)24-12-14-8-7-11-30-14)25-20(28)18-23(3,4)31-22-16-10-6-5-9-15(16)21(29)26(18)22/h5-11,13,17-18,22H,12H2,1-4H3,(H,24,27)(H,25,28)/t17-,18+,22+/m0/s1. The van der Waals surface area contributed by atoms with Crippen LogP contribution in [0.4, 0.5) is 0 Å². The highest BCUT2D eigenvalue weighted by molar-refractivity contribution is 8.01. The van der Waals surface area contributed by atoms with Gasteiger partial charge in [-0.15, -0.1) is 11.8 Å². The molecule has 3 amide bonds. The molecule has 7 nitrogen and oxygen atoms in total. The second kappa shape index (κ2) is 8.07. The van der Waals surface area contributed by atoms with Crippen LogP contribution in [-0.2, 0) is 16.1 Å². The number of hydrogen-bond donors (Lipinski definition) is 2. The van der Waals surface area contributed by atoms with Gasteiger partial charge in [-0.2, -0.15) is 0 Å². The molecule has 3 atom stereocenters. The number of nitrogens with one attached hydrogen (secondary N) is 2. The van der Waals surface area contributed by atoms with Crippen LogP contribution in [0.5, 0.6) is 0 Å². The highest BCUT2D eigenvalue weighted by atomic mass is 32.2. The zero-order valence-corrected chi connectivity index (χ0v) is 18.9. The van der Waals surface area contributed by atoms with Crippen molar-refractivity contribution >= 4 is 29.5 Å². The van der Waals surface area contributed by atoms with Crippen molar-refractivity contribution in [1.29, 1.82) is 0 Å². The molecule has 2 aromatic rings. The lowest BCUT2D eigenvalue weighted by molar-refractivity contribution is -0.132. The average Bonchev–Trinajstić information content (AvgIpc) is 3.40. The van der Waals surface area contributed by atoms with Crippen molar-refractivity contribution in [3.63, 3.8) is 0 Å². The molecule has 0 bridgehead atoms. The summed E-state index contributed by atoms with van der Waals surface area (Å²) in [5.74, 6) is -0.218. The Morgan fingerprint density at radius 2 is 1.94 bits per heavy atom. The number of carbonyl (C=O) groups is 3. The zero-order valence-electron chi connectivity index (χ0n) is 18.0. The van der Waals surface area contributed by atoms with Gasteiger partial charge in [0.05, 0.1) is 12.8 Å². The van der Waals surface area contributed by atoms with Gasteiger partial charge in [0, 0.05) is 10.3 Å². The minimum absolute atomic E-state index is 0.125. The number of fused-ring (bicyclic) bond motifs is 3. The first-order valence-corrected chi connectivity index (χ1v) is 11.3. The van der Waals surface area contributed by atoms with E-state index < -0.39 is 16.8 Å². The molecule has 2 aliphatic rings. The smallest absolute Gasteiger partial charge is 0.256 e. The number of amides is 3. The van der Waals surface area contributed by atoms with E-state index in [0.717, 1.165) is 5.56 Å². The van der Waals surface area contributed by atoms with E-state index in [1.54, 1.807) is 41.1 Å². The molecule has 2 aliphatic heterocycles. The first-order chi connectivity index (χ1) is 14.7. The maximum absolute atomic E-state index is 13.4. The molecular formula is C23H27N3O4S. The molecule has 0 radical (unpaired) electrons. The van der Waals surface area contributed by atoms with Crippen molar-refractivity contribution in [2.45, 2.75) is 56.4 Å². The summed E-state index contributed by atoms with van der Waals surface area (Å²) in [4.78, 5) is 41.0. The SMILES string of the molecule is CC(C)[C@H](NC(=O)[C@H]1N2C(=O)c3ccccc3[C@H]2SC1(C)C)C(=O)NCc1ccco1. The molecule has 8 heteroatoms. The van der Waals surface area contributed by atoms with Crippen LogP contribution in [0, 0.1) is 5.92 Å². The molecule has 0 saturated carbocycles. The molecule has 31 heavy (non-hydrogen) atoms. The number of hydrogen-bond acceptors (Lipinski definition) is 5. The molecule has 1 fully saturated rings. The van der Waals surface area contributed by atoms with Gasteiger partial charge < -0.3 is 20.0 Å². The second-order valence-electron chi connectivity index (χ2n) is 8.80. The predicted octanol–water partition coefficient (Wildman–Crippen LogP) is 3.09. The lowest BCUT2D eigenvalue weighted by Gasteiger charge is -2.32. The fourth-order valence-electron chi connectivity index (χ4n) is 4.27. The van der Waals surface area contributed by atoms with E-state index in [9.17, 15) is 14.4 Å². The normalized spacial score (nSPS) is 22.2. The summed E-state index contributed by atoms with van der Waals surface area (Å²) in [6.07, 6.45) is 1.55. The van der Waals surface area contributed by atoms with Gasteiger partial charge in [-0.3, -0.25) is 14.4 Å². The molecule has 3 heterocycles. The Kier molecular flexibility index (Phi) is 5.60. The highest BCUT2D eigenvalue weighted by Crippen LogP contribution is 2.56. The summed E-state index contributed by atoms with van der Waals surface area (Å²) in [7, 11) is 0. The first kappa shape index (κ1) is 21.5. The quantitative estimate of drug-likeness (QED) is 0.719. The largest absolute Gasteiger partial charge is 0.467 e. The third-order valence-corrected chi connectivity index (χ3v) is 7.34. The summed E-state index contributed by atoms with van der Waals surface area (Å²) < 4.78 is 4.76. The van der Waals surface area contributed by atoms with Gasteiger partial charge in [-0.1, -0.05) is 32.0 Å². The van der Waals surface area contributed by atoms with Gasteiger partial charge in [-0.25, -0.2) is 0 Å². The maximum atomic E-state index is 13.4. The van der Waals surface area contributed by atoms with Gasteiger partial charge in [0.2, 0.25) is 11.8 Å². The Morgan fingerprint density at radius 3 is 2.61 bits per heavy atom. The van der Waals surface area contributed by atoms with Crippen molar-refractivity contribution in [3.05, 3.63) is 59.5 Å². The van der Waals surface area contributed by atoms with Gasteiger partial charge in [0.1, 0.15) is 23.2 Å². The monoisotopic (exact) mass is 441 g/mol. The van der Waals surface area contributed by atoms with Crippen LogP contribution in [-0.4, -0.2) is 39.5 Å². The summed E-state index contributed by atoms with van der Waals surface area (Å²) in [5.41, 5.74) is 1.59. The molecule has 0 spiro atoms. The Morgan fingerprint density at radius 1 is 1.19 bits per heavy atom. The lowest BCUT2D eigenvalue weighted by atomic mass is 9.98. The molecule has 4 rings (SSSR count). The fraction of sp³-hybridized carbons (Fsp3) is 0.435. The van der Waals surface area contributed by atoms with E-state index in [-0.39, 0.29) is 35.6 Å². The third kappa shape index (κ3) is 3.84. The van der Waals surface area contributed by atoms with E-state index in [2.05, 4.69) is 10.6 Å². The number of rotatable bonds is 6. The Labute approximate surface area is 185 Å². The molecule has 0 aliphatic carbocycles. The average molecular weight is 442 g/mol. The van der Waals surface area contributed by atoms with Crippen molar-refractivity contribution in [3.8, 4) is 0 Å². The topological polar surface area (TPSA) is 91.7 Å². The van der Waals surface area contributed by atoms with Crippen LogP contribution in [0.25, 0.3) is 0 Å². The van der Waals surface area contributed by atoms with E-state index in [4.69, 9.17) is 4.42 Å². The highest BCUT2D eigenvalue weighted by Gasteiger charge is 2.57. The summed E-state index contributed by atoms with van der Waals surface area (Å²) >= 11 is 1.61. The Balaban J connectivity index is 1.52. The van der Waals surface area contributed by atoms with Crippen LogP contribution in [0.2, 0.25) is 0 Å². The van der Waals surface area contributed by atoms with Gasteiger partial charge in [0.15, 0.2) is 0 Å². The lowest BCUT2D eigenvalue weighted by Crippen LogP contribution is -2.58. The van der Waals surface area contributed by atoms with Gasteiger partial charge in [-0.05, 0) is 43.5 Å². The number of furan rings is 1. The van der Waals surface area contributed by atoms with E-state index in [0.29, 0.717) is 11.3 Å². The van der Waals surface area contributed by atoms with Crippen LogP contribution < -0.4 is 10.6 Å². The van der Waals surface area contributed by atoms with Crippen LogP contribution in [0.1, 0.15) is 54.8 Å². The summed E-state index contributed by atoms with van der Waals surface area (Å²) in [6.45, 7) is 7.95. The predicted molar refractivity (Wildman–Crippen MR) is 118 cm³/mol. The molecule has 0 unspecified atom stereocenters. The minimum Gasteiger partial charge on any atom is -0.467 e. The van der Waals surface area contributed by atoms with Gasteiger partial charge >= 0.3 is 0 Å². The van der Waals surface area contributed by atoms with E-state index in [1.807, 2.05) is 45.9 Å². The minimum atomic E-state index is -0.720. The van der Waals surface area contributed by atoms with Crippen LogP contribution in [0.15, 0.2) is 47.1 Å². The fourth-order valence-corrected chi connectivity index (χ4v) is 5.86. The van der Waals surface area contributed by atoms with Crippen LogP contribution in [0.3, 0.4) is 0 Å². The first-order valence-electron chi connectivity index (χ1n) is 10.4. The molecule has 1 aromatic carbocycles. The van der Waals surface area contributed by atoms with Crippen molar-refractivity contribution in [2.75, 3.05) is 0 Å². The van der Waals surface area contributed by atoms with Crippen molar-refractivity contribution in [1.82, 2.24) is 15.5 Å². The van der Waals surface area contributed by atoms with Gasteiger partial charge in [0.25, 0.3) is 5.91 Å². The number of carbonyl (C=O) groups excluding carboxylic acids is 3. The van der Waals surface area contributed by atoms with E-state index >= 15 is 0 Å². The molecular weight excluding hydrogens is 414 g/mol.